The molecule has 0 spiro atoms. The van der Waals surface area contributed by atoms with Crippen molar-refractivity contribution in [2.45, 2.75) is 19.4 Å². The Labute approximate surface area is 162 Å². The molecule has 0 saturated carbocycles. The van der Waals surface area contributed by atoms with E-state index in [1.165, 1.54) is 0 Å². The number of amides is 1. The van der Waals surface area contributed by atoms with E-state index in [-0.39, 0.29) is 12.7 Å². The van der Waals surface area contributed by atoms with Crippen LogP contribution >= 0.6 is 23.2 Å². The lowest BCUT2D eigenvalue weighted by Crippen LogP contribution is -2.28. The van der Waals surface area contributed by atoms with Gasteiger partial charge in [-0.1, -0.05) is 35.3 Å². The van der Waals surface area contributed by atoms with E-state index in [0.717, 1.165) is 35.6 Å². The SMILES string of the molecule is O=C(CCNCCc1ccc(Cl)cc1Cl)NCc1ccc2c(c1)OCO2. The third-order valence-corrected chi connectivity index (χ3v) is 4.63. The predicted octanol–water partition coefficient (Wildman–Crippen LogP) is 3.56. The molecule has 7 heteroatoms. The van der Waals surface area contributed by atoms with Crippen molar-refractivity contribution in [3.8, 4) is 11.5 Å². The van der Waals surface area contributed by atoms with Crippen molar-refractivity contribution in [2.75, 3.05) is 19.9 Å². The van der Waals surface area contributed by atoms with Gasteiger partial charge in [0.1, 0.15) is 0 Å². The average Bonchev–Trinajstić information content (AvgIpc) is 3.09. The van der Waals surface area contributed by atoms with Gasteiger partial charge in [-0.15, -0.1) is 0 Å². The van der Waals surface area contributed by atoms with Crippen LogP contribution in [0.1, 0.15) is 17.5 Å². The highest BCUT2D eigenvalue weighted by molar-refractivity contribution is 6.35. The van der Waals surface area contributed by atoms with Crippen LogP contribution in [0.15, 0.2) is 36.4 Å². The Balaban J connectivity index is 1.32. The summed E-state index contributed by atoms with van der Waals surface area (Å²) in [4.78, 5) is 11.9. The van der Waals surface area contributed by atoms with Crippen LogP contribution in [0.2, 0.25) is 10.0 Å². The number of hydrogen-bond acceptors (Lipinski definition) is 4. The van der Waals surface area contributed by atoms with Gasteiger partial charge >= 0.3 is 0 Å². The normalized spacial score (nSPS) is 12.2. The van der Waals surface area contributed by atoms with Crippen LogP contribution in [-0.2, 0) is 17.8 Å². The van der Waals surface area contributed by atoms with Crippen molar-refractivity contribution in [2.24, 2.45) is 0 Å². The molecule has 2 aromatic carbocycles. The largest absolute Gasteiger partial charge is 0.454 e. The van der Waals surface area contributed by atoms with Gasteiger partial charge in [-0.05, 0) is 48.4 Å². The van der Waals surface area contributed by atoms with Crippen LogP contribution in [-0.4, -0.2) is 25.8 Å². The van der Waals surface area contributed by atoms with E-state index in [9.17, 15) is 4.79 Å². The molecule has 0 saturated heterocycles. The fourth-order valence-corrected chi connectivity index (χ4v) is 3.12. The Morgan fingerprint density at radius 1 is 1.04 bits per heavy atom. The van der Waals surface area contributed by atoms with Crippen LogP contribution in [0.25, 0.3) is 0 Å². The molecule has 1 heterocycles. The Hall–Kier alpha value is -1.95. The van der Waals surface area contributed by atoms with Crippen molar-refractivity contribution in [3.63, 3.8) is 0 Å². The maximum Gasteiger partial charge on any atom is 0.231 e. The number of benzene rings is 2. The number of rotatable bonds is 8. The molecule has 0 aromatic heterocycles. The monoisotopic (exact) mass is 394 g/mol. The first-order chi connectivity index (χ1) is 12.6. The molecule has 1 aliphatic heterocycles. The van der Waals surface area contributed by atoms with E-state index >= 15 is 0 Å². The molecule has 3 rings (SSSR count). The number of fused-ring (bicyclic) bond motifs is 1. The summed E-state index contributed by atoms with van der Waals surface area (Å²) in [7, 11) is 0. The fourth-order valence-electron chi connectivity index (χ4n) is 2.61. The highest BCUT2D eigenvalue weighted by atomic mass is 35.5. The predicted molar refractivity (Wildman–Crippen MR) is 102 cm³/mol. The van der Waals surface area contributed by atoms with E-state index in [2.05, 4.69) is 10.6 Å². The quantitative estimate of drug-likeness (QED) is 0.672. The highest BCUT2D eigenvalue weighted by Crippen LogP contribution is 2.32. The molecule has 26 heavy (non-hydrogen) atoms. The Morgan fingerprint density at radius 3 is 2.73 bits per heavy atom. The first kappa shape index (κ1) is 18.8. The van der Waals surface area contributed by atoms with E-state index in [1.54, 1.807) is 6.07 Å². The minimum atomic E-state index is -0.000285. The van der Waals surface area contributed by atoms with Gasteiger partial charge in [-0.3, -0.25) is 4.79 Å². The van der Waals surface area contributed by atoms with Crippen molar-refractivity contribution in [1.29, 1.82) is 0 Å². The molecule has 1 amide bonds. The smallest absolute Gasteiger partial charge is 0.231 e. The van der Waals surface area contributed by atoms with Crippen LogP contribution in [0.4, 0.5) is 0 Å². The maximum absolute atomic E-state index is 11.9. The van der Waals surface area contributed by atoms with Crippen molar-refractivity contribution in [1.82, 2.24) is 10.6 Å². The number of carbonyl (C=O) groups is 1. The summed E-state index contributed by atoms with van der Waals surface area (Å²) in [6.45, 7) is 2.07. The van der Waals surface area contributed by atoms with E-state index < -0.39 is 0 Å². The third-order valence-electron chi connectivity index (χ3n) is 4.04. The van der Waals surface area contributed by atoms with E-state index in [4.69, 9.17) is 32.7 Å². The van der Waals surface area contributed by atoms with Gasteiger partial charge in [-0.2, -0.15) is 0 Å². The number of hydrogen-bond donors (Lipinski definition) is 2. The lowest BCUT2D eigenvalue weighted by Gasteiger charge is -2.08. The van der Waals surface area contributed by atoms with Gasteiger partial charge in [-0.25, -0.2) is 0 Å². The zero-order chi connectivity index (χ0) is 18.4. The summed E-state index contributed by atoms with van der Waals surface area (Å²) in [5.41, 5.74) is 2.02. The Bertz CT molecular complexity index is 783. The molecule has 0 aliphatic carbocycles. The second kappa shape index (κ2) is 9.12. The minimum absolute atomic E-state index is 0.000285. The van der Waals surface area contributed by atoms with Crippen molar-refractivity contribution < 1.29 is 14.3 Å². The zero-order valence-corrected chi connectivity index (χ0v) is 15.7. The first-order valence-corrected chi connectivity index (χ1v) is 9.17. The van der Waals surface area contributed by atoms with Gasteiger partial charge < -0.3 is 20.1 Å². The average molecular weight is 395 g/mol. The maximum atomic E-state index is 11.9. The molecule has 2 N–H and O–H groups in total. The van der Waals surface area contributed by atoms with Gasteiger partial charge in [0.25, 0.3) is 0 Å². The van der Waals surface area contributed by atoms with Crippen LogP contribution < -0.4 is 20.1 Å². The summed E-state index contributed by atoms with van der Waals surface area (Å²) in [5, 5.41) is 7.45. The molecule has 138 valence electrons. The minimum Gasteiger partial charge on any atom is -0.454 e. The zero-order valence-electron chi connectivity index (χ0n) is 14.2. The van der Waals surface area contributed by atoms with Crippen LogP contribution in [0.5, 0.6) is 11.5 Å². The molecule has 0 unspecified atom stereocenters. The fraction of sp³-hybridized carbons (Fsp3) is 0.316. The van der Waals surface area contributed by atoms with E-state index in [0.29, 0.717) is 29.6 Å². The molecule has 0 radical (unpaired) electrons. The van der Waals surface area contributed by atoms with Crippen molar-refractivity contribution >= 4 is 29.1 Å². The molecule has 5 nitrogen and oxygen atoms in total. The third kappa shape index (κ3) is 5.27. The number of carbonyl (C=O) groups excluding carboxylic acids is 1. The van der Waals surface area contributed by atoms with E-state index in [1.807, 2.05) is 30.3 Å². The summed E-state index contributed by atoms with van der Waals surface area (Å²) >= 11 is 12.0. The molecular formula is C19H20Cl2N2O3. The highest BCUT2D eigenvalue weighted by Gasteiger charge is 2.13. The van der Waals surface area contributed by atoms with Gasteiger partial charge in [0.2, 0.25) is 12.7 Å². The Kier molecular flexibility index (Phi) is 6.61. The lowest BCUT2D eigenvalue weighted by atomic mass is 10.1. The van der Waals surface area contributed by atoms with Crippen LogP contribution in [0.3, 0.4) is 0 Å². The van der Waals surface area contributed by atoms with Gasteiger partial charge in [0, 0.05) is 29.6 Å². The summed E-state index contributed by atoms with van der Waals surface area (Å²) < 4.78 is 10.6. The molecule has 0 fully saturated rings. The topological polar surface area (TPSA) is 59.6 Å². The van der Waals surface area contributed by atoms with Crippen LogP contribution in [0, 0.1) is 0 Å². The second-order valence-corrected chi connectivity index (χ2v) is 6.79. The summed E-state index contributed by atoms with van der Waals surface area (Å²) in [6.07, 6.45) is 1.20. The second-order valence-electron chi connectivity index (χ2n) is 5.95. The molecule has 0 bridgehead atoms. The summed E-state index contributed by atoms with van der Waals surface area (Å²) in [6, 6.07) is 11.1. The molecule has 2 aromatic rings. The van der Waals surface area contributed by atoms with Gasteiger partial charge in [0.15, 0.2) is 11.5 Å². The lowest BCUT2D eigenvalue weighted by molar-refractivity contribution is -0.121. The van der Waals surface area contributed by atoms with Gasteiger partial charge in [0.05, 0.1) is 0 Å². The standard InChI is InChI=1S/C19H20Cl2N2O3/c20-15-3-2-14(16(21)10-15)5-7-22-8-6-19(24)23-11-13-1-4-17-18(9-13)26-12-25-17/h1-4,9-10,22H,5-8,11-12H2,(H,23,24). The first-order valence-electron chi connectivity index (χ1n) is 8.42. The molecule has 1 aliphatic rings. The number of ether oxygens (including phenoxy) is 2. The molecular weight excluding hydrogens is 375 g/mol. The molecule has 0 atom stereocenters. The number of halogens is 2. The van der Waals surface area contributed by atoms with Crippen molar-refractivity contribution in [3.05, 3.63) is 57.6 Å². The Morgan fingerprint density at radius 2 is 1.88 bits per heavy atom. The number of nitrogens with one attached hydrogen (secondary N) is 2. The summed E-state index contributed by atoms with van der Waals surface area (Å²) in [5.74, 6) is 1.46.